The first-order valence-electron chi connectivity index (χ1n) is 6.77. The van der Waals surface area contributed by atoms with Crippen LogP contribution in [0.4, 0.5) is 0 Å². The third kappa shape index (κ3) is 3.85. The summed E-state index contributed by atoms with van der Waals surface area (Å²) in [6.07, 6.45) is 1.79. The molecule has 2 atom stereocenters. The number of nitrogens with one attached hydrogen (secondary N) is 1. The number of methoxy groups -OCH3 is 1. The average Bonchev–Trinajstić information content (AvgIpc) is 2.99. The summed E-state index contributed by atoms with van der Waals surface area (Å²) in [5.74, 6) is 1.48. The molecule has 4 nitrogen and oxygen atoms in total. The highest BCUT2D eigenvalue weighted by molar-refractivity contribution is 5.33. The van der Waals surface area contributed by atoms with Gasteiger partial charge in [-0.05, 0) is 37.1 Å². The van der Waals surface area contributed by atoms with Crippen LogP contribution in [-0.2, 0) is 6.42 Å². The van der Waals surface area contributed by atoms with E-state index >= 15 is 0 Å². The van der Waals surface area contributed by atoms with Crippen LogP contribution in [0.5, 0.6) is 5.75 Å². The summed E-state index contributed by atoms with van der Waals surface area (Å²) in [6, 6.07) is 11.8. The molecular weight excluding hydrogens is 254 g/mol. The van der Waals surface area contributed by atoms with Gasteiger partial charge in [0.1, 0.15) is 17.6 Å². The molecule has 0 saturated carbocycles. The average molecular weight is 275 g/mol. The highest BCUT2D eigenvalue weighted by Gasteiger charge is 2.13. The Bertz CT molecular complexity index is 510. The molecule has 0 bridgehead atoms. The van der Waals surface area contributed by atoms with Crippen LogP contribution < -0.4 is 10.1 Å². The van der Waals surface area contributed by atoms with Crippen molar-refractivity contribution in [3.05, 3.63) is 54.0 Å². The van der Waals surface area contributed by atoms with Crippen LogP contribution in [0.1, 0.15) is 24.4 Å². The second-order valence-electron chi connectivity index (χ2n) is 4.86. The fourth-order valence-electron chi connectivity index (χ4n) is 2.17. The Hall–Kier alpha value is -1.78. The number of furan rings is 1. The zero-order chi connectivity index (χ0) is 14.4. The minimum atomic E-state index is -0.620. The summed E-state index contributed by atoms with van der Waals surface area (Å²) in [5, 5.41) is 13.2. The molecule has 2 unspecified atom stereocenters. The molecule has 20 heavy (non-hydrogen) atoms. The molecule has 0 aliphatic carbocycles. The van der Waals surface area contributed by atoms with Gasteiger partial charge in [-0.2, -0.15) is 0 Å². The van der Waals surface area contributed by atoms with Crippen LogP contribution in [0.25, 0.3) is 0 Å². The zero-order valence-electron chi connectivity index (χ0n) is 11.9. The summed E-state index contributed by atoms with van der Waals surface area (Å²) in [7, 11) is 1.68. The van der Waals surface area contributed by atoms with E-state index in [1.807, 2.05) is 18.2 Å². The second-order valence-corrected chi connectivity index (χ2v) is 4.86. The van der Waals surface area contributed by atoms with E-state index in [4.69, 9.17) is 9.15 Å². The maximum absolute atomic E-state index is 9.94. The summed E-state index contributed by atoms with van der Waals surface area (Å²) in [4.78, 5) is 0. The first kappa shape index (κ1) is 14.6. The number of benzene rings is 1. The molecular formula is C16H21NO3. The fourth-order valence-corrected chi connectivity index (χ4v) is 2.17. The van der Waals surface area contributed by atoms with E-state index in [2.05, 4.69) is 18.3 Å². The zero-order valence-corrected chi connectivity index (χ0v) is 11.9. The van der Waals surface area contributed by atoms with Crippen molar-refractivity contribution in [1.82, 2.24) is 5.32 Å². The van der Waals surface area contributed by atoms with Gasteiger partial charge in [-0.25, -0.2) is 0 Å². The Morgan fingerprint density at radius 1 is 1.25 bits per heavy atom. The van der Waals surface area contributed by atoms with Crippen molar-refractivity contribution in [3.8, 4) is 5.75 Å². The van der Waals surface area contributed by atoms with E-state index in [0.717, 1.165) is 17.7 Å². The highest BCUT2D eigenvalue weighted by atomic mass is 16.5. The van der Waals surface area contributed by atoms with Crippen molar-refractivity contribution < 1.29 is 14.3 Å². The molecule has 2 aromatic rings. The van der Waals surface area contributed by atoms with Gasteiger partial charge in [0.25, 0.3) is 0 Å². The highest BCUT2D eigenvalue weighted by Crippen LogP contribution is 2.19. The number of hydrogen-bond donors (Lipinski definition) is 2. The van der Waals surface area contributed by atoms with Gasteiger partial charge >= 0.3 is 0 Å². The van der Waals surface area contributed by atoms with E-state index in [0.29, 0.717) is 12.3 Å². The van der Waals surface area contributed by atoms with Crippen LogP contribution in [0.3, 0.4) is 0 Å². The molecule has 0 radical (unpaired) electrons. The molecule has 0 amide bonds. The van der Waals surface area contributed by atoms with E-state index in [-0.39, 0.29) is 6.04 Å². The van der Waals surface area contributed by atoms with Crippen LogP contribution in [0.15, 0.2) is 47.1 Å². The molecule has 0 spiro atoms. The molecule has 1 aromatic heterocycles. The van der Waals surface area contributed by atoms with Gasteiger partial charge in [-0.15, -0.1) is 0 Å². The second kappa shape index (κ2) is 7.12. The summed E-state index contributed by atoms with van der Waals surface area (Å²) < 4.78 is 10.5. The smallest absolute Gasteiger partial charge is 0.133 e. The van der Waals surface area contributed by atoms with Gasteiger partial charge in [0.2, 0.25) is 0 Å². The van der Waals surface area contributed by atoms with Crippen molar-refractivity contribution in [2.75, 3.05) is 13.7 Å². The van der Waals surface area contributed by atoms with Crippen molar-refractivity contribution in [2.45, 2.75) is 25.5 Å². The molecule has 0 aliphatic heterocycles. The molecule has 108 valence electrons. The Labute approximate surface area is 119 Å². The van der Waals surface area contributed by atoms with Crippen LogP contribution in [0, 0.1) is 0 Å². The van der Waals surface area contributed by atoms with Gasteiger partial charge < -0.3 is 19.6 Å². The number of rotatable bonds is 7. The molecule has 2 rings (SSSR count). The fraction of sp³-hybridized carbons (Fsp3) is 0.375. The maximum atomic E-state index is 9.94. The normalized spacial score (nSPS) is 13.9. The first-order valence-corrected chi connectivity index (χ1v) is 6.77. The first-order chi connectivity index (χ1) is 9.70. The minimum absolute atomic E-state index is 0.232. The Balaban J connectivity index is 1.85. The number of ether oxygens (including phenoxy) is 1. The lowest BCUT2D eigenvalue weighted by Gasteiger charge is -2.17. The van der Waals surface area contributed by atoms with Gasteiger partial charge in [0, 0.05) is 12.6 Å². The standard InChI is InChI=1S/C16H21NO3/c1-12(10-13-6-3-4-7-15(13)19-2)17-11-14(18)16-8-5-9-20-16/h3-9,12,14,17-18H,10-11H2,1-2H3. The van der Waals surface area contributed by atoms with E-state index < -0.39 is 6.10 Å². The van der Waals surface area contributed by atoms with E-state index in [9.17, 15) is 5.11 Å². The summed E-state index contributed by atoms with van der Waals surface area (Å²) >= 11 is 0. The van der Waals surface area contributed by atoms with Crippen molar-refractivity contribution >= 4 is 0 Å². The van der Waals surface area contributed by atoms with Gasteiger partial charge in [0.05, 0.1) is 13.4 Å². The molecule has 1 heterocycles. The lowest BCUT2D eigenvalue weighted by Crippen LogP contribution is -2.32. The SMILES string of the molecule is COc1ccccc1CC(C)NCC(O)c1ccco1. The van der Waals surface area contributed by atoms with Crippen LogP contribution >= 0.6 is 0 Å². The number of hydrogen-bond acceptors (Lipinski definition) is 4. The maximum Gasteiger partial charge on any atom is 0.133 e. The Morgan fingerprint density at radius 3 is 2.75 bits per heavy atom. The van der Waals surface area contributed by atoms with Crippen molar-refractivity contribution in [2.24, 2.45) is 0 Å². The van der Waals surface area contributed by atoms with Crippen LogP contribution in [-0.4, -0.2) is 24.8 Å². The largest absolute Gasteiger partial charge is 0.496 e. The predicted molar refractivity (Wildman–Crippen MR) is 77.8 cm³/mol. The molecule has 2 N–H and O–H groups in total. The Morgan fingerprint density at radius 2 is 2.05 bits per heavy atom. The number of aliphatic hydroxyl groups excluding tert-OH is 1. The van der Waals surface area contributed by atoms with Gasteiger partial charge in [-0.1, -0.05) is 18.2 Å². The predicted octanol–water partition coefficient (Wildman–Crippen LogP) is 2.54. The molecule has 0 fully saturated rings. The lowest BCUT2D eigenvalue weighted by molar-refractivity contribution is 0.144. The third-order valence-electron chi connectivity index (χ3n) is 3.25. The molecule has 0 aliphatic rings. The lowest BCUT2D eigenvalue weighted by atomic mass is 10.1. The van der Waals surface area contributed by atoms with Gasteiger partial charge in [0.15, 0.2) is 0 Å². The summed E-state index contributed by atoms with van der Waals surface area (Å²) in [6.45, 7) is 2.55. The van der Waals surface area contributed by atoms with Crippen molar-refractivity contribution in [1.29, 1.82) is 0 Å². The minimum Gasteiger partial charge on any atom is -0.496 e. The third-order valence-corrected chi connectivity index (χ3v) is 3.25. The molecule has 4 heteroatoms. The monoisotopic (exact) mass is 275 g/mol. The molecule has 1 aromatic carbocycles. The number of aliphatic hydroxyl groups is 1. The number of para-hydroxylation sites is 1. The van der Waals surface area contributed by atoms with E-state index in [1.54, 1.807) is 25.5 Å². The van der Waals surface area contributed by atoms with Crippen molar-refractivity contribution in [3.63, 3.8) is 0 Å². The Kier molecular flexibility index (Phi) is 5.21. The quantitative estimate of drug-likeness (QED) is 0.815. The van der Waals surface area contributed by atoms with E-state index in [1.165, 1.54) is 0 Å². The van der Waals surface area contributed by atoms with Crippen LogP contribution in [0.2, 0.25) is 0 Å². The van der Waals surface area contributed by atoms with Gasteiger partial charge in [-0.3, -0.25) is 0 Å². The molecule has 0 saturated heterocycles. The topological polar surface area (TPSA) is 54.6 Å². The summed E-state index contributed by atoms with van der Waals surface area (Å²) in [5.41, 5.74) is 1.16.